The minimum atomic E-state index is -3.73. The SMILES string of the molecule is Cc1ccc(C)c(S(=O)(=O)NCC(=O)Nc2ccc(Br)cc2)c1. The van der Waals surface area contributed by atoms with Crippen LogP contribution in [0.1, 0.15) is 11.1 Å². The highest BCUT2D eigenvalue weighted by Crippen LogP contribution is 2.17. The third-order valence-electron chi connectivity index (χ3n) is 3.18. The third-order valence-corrected chi connectivity index (χ3v) is 5.26. The molecule has 5 nitrogen and oxygen atoms in total. The maximum absolute atomic E-state index is 12.3. The van der Waals surface area contributed by atoms with E-state index in [1.165, 1.54) is 0 Å². The molecule has 122 valence electrons. The van der Waals surface area contributed by atoms with Crippen LogP contribution in [-0.4, -0.2) is 20.9 Å². The summed E-state index contributed by atoms with van der Waals surface area (Å²) in [7, 11) is -3.73. The molecule has 0 aliphatic heterocycles. The highest BCUT2D eigenvalue weighted by atomic mass is 79.9. The lowest BCUT2D eigenvalue weighted by Gasteiger charge is -2.10. The van der Waals surface area contributed by atoms with E-state index in [4.69, 9.17) is 0 Å². The number of carbonyl (C=O) groups excluding carboxylic acids is 1. The lowest BCUT2D eigenvalue weighted by molar-refractivity contribution is -0.115. The predicted molar refractivity (Wildman–Crippen MR) is 93.9 cm³/mol. The molecule has 0 unspecified atom stereocenters. The van der Waals surface area contributed by atoms with Crippen LogP contribution in [0.2, 0.25) is 0 Å². The van der Waals surface area contributed by atoms with Gasteiger partial charge in [-0.15, -0.1) is 0 Å². The summed E-state index contributed by atoms with van der Waals surface area (Å²) in [5.74, 6) is -0.429. The van der Waals surface area contributed by atoms with Gasteiger partial charge in [0.1, 0.15) is 0 Å². The number of hydrogen-bond acceptors (Lipinski definition) is 3. The molecule has 0 saturated heterocycles. The maximum atomic E-state index is 12.3. The van der Waals surface area contributed by atoms with Crippen molar-refractivity contribution >= 4 is 37.5 Å². The molecule has 0 bridgehead atoms. The molecule has 0 spiro atoms. The lowest BCUT2D eigenvalue weighted by Crippen LogP contribution is -2.33. The quantitative estimate of drug-likeness (QED) is 0.815. The van der Waals surface area contributed by atoms with Gasteiger partial charge in [-0.05, 0) is 55.3 Å². The van der Waals surface area contributed by atoms with Gasteiger partial charge in [0.2, 0.25) is 15.9 Å². The fraction of sp³-hybridized carbons (Fsp3) is 0.188. The maximum Gasteiger partial charge on any atom is 0.241 e. The monoisotopic (exact) mass is 396 g/mol. The number of amides is 1. The summed E-state index contributed by atoms with van der Waals surface area (Å²) < 4.78 is 27.8. The summed E-state index contributed by atoms with van der Waals surface area (Å²) in [6, 6.07) is 12.2. The van der Waals surface area contributed by atoms with E-state index in [9.17, 15) is 13.2 Å². The van der Waals surface area contributed by atoms with Crippen LogP contribution >= 0.6 is 15.9 Å². The van der Waals surface area contributed by atoms with E-state index in [2.05, 4.69) is 26.0 Å². The minimum absolute atomic E-state index is 0.189. The molecule has 0 fully saturated rings. The van der Waals surface area contributed by atoms with E-state index in [1.54, 1.807) is 43.3 Å². The summed E-state index contributed by atoms with van der Waals surface area (Å²) in [5, 5.41) is 2.63. The van der Waals surface area contributed by atoms with Crippen molar-refractivity contribution in [1.29, 1.82) is 0 Å². The van der Waals surface area contributed by atoms with Gasteiger partial charge >= 0.3 is 0 Å². The second-order valence-corrected chi connectivity index (χ2v) is 7.80. The Morgan fingerprint density at radius 2 is 1.74 bits per heavy atom. The summed E-state index contributed by atoms with van der Waals surface area (Å²) in [4.78, 5) is 12.1. The van der Waals surface area contributed by atoms with Crippen molar-refractivity contribution in [3.63, 3.8) is 0 Å². The molecule has 0 saturated carbocycles. The van der Waals surface area contributed by atoms with Crippen molar-refractivity contribution in [3.05, 3.63) is 58.1 Å². The molecule has 0 heterocycles. The van der Waals surface area contributed by atoms with Crippen molar-refractivity contribution < 1.29 is 13.2 Å². The van der Waals surface area contributed by atoms with Gasteiger partial charge in [-0.3, -0.25) is 4.79 Å². The van der Waals surface area contributed by atoms with Crippen molar-refractivity contribution in [1.82, 2.24) is 4.72 Å². The summed E-state index contributed by atoms with van der Waals surface area (Å²) in [5.41, 5.74) is 2.08. The number of carbonyl (C=O) groups is 1. The molecule has 0 atom stereocenters. The minimum Gasteiger partial charge on any atom is -0.325 e. The van der Waals surface area contributed by atoms with E-state index in [0.29, 0.717) is 11.3 Å². The summed E-state index contributed by atoms with van der Waals surface area (Å²) >= 11 is 3.30. The fourth-order valence-corrected chi connectivity index (χ4v) is 3.55. The number of anilines is 1. The molecular weight excluding hydrogens is 380 g/mol. The second-order valence-electron chi connectivity index (χ2n) is 5.15. The van der Waals surface area contributed by atoms with Gasteiger partial charge in [0.25, 0.3) is 0 Å². The number of halogens is 1. The van der Waals surface area contributed by atoms with Crippen LogP contribution in [0.4, 0.5) is 5.69 Å². The van der Waals surface area contributed by atoms with Crippen LogP contribution in [0, 0.1) is 13.8 Å². The molecular formula is C16H17BrN2O3S. The number of hydrogen-bond donors (Lipinski definition) is 2. The Morgan fingerprint density at radius 3 is 2.39 bits per heavy atom. The van der Waals surface area contributed by atoms with Crippen LogP contribution in [0.15, 0.2) is 51.8 Å². The van der Waals surface area contributed by atoms with Crippen molar-refractivity contribution in [2.24, 2.45) is 0 Å². The topological polar surface area (TPSA) is 75.3 Å². The standard InChI is InChI=1S/C16H17BrN2O3S/c1-11-3-4-12(2)15(9-11)23(21,22)18-10-16(20)19-14-7-5-13(17)6-8-14/h3-9,18H,10H2,1-2H3,(H,19,20). The first-order chi connectivity index (χ1) is 10.8. The molecule has 2 aromatic rings. The first-order valence-corrected chi connectivity index (χ1v) is 9.18. The van der Waals surface area contributed by atoms with E-state index in [0.717, 1.165) is 10.0 Å². The highest BCUT2D eigenvalue weighted by molar-refractivity contribution is 9.10. The Bertz CT molecular complexity index is 818. The Hall–Kier alpha value is -1.70. The largest absolute Gasteiger partial charge is 0.325 e. The smallest absolute Gasteiger partial charge is 0.241 e. The van der Waals surface area contributed by atoms with E-state index < -0.39 is 15.9 Å². The Morgan fingerprint density at radius 1 is 1.09 bits per heavy atom. The molecule has 0 aliphatic carbocycles. The van der Waals surface area contributed by atoms with E-state index in [1.807, 2.05) is 13.0 Å². The molecule has 2 rings (SSSR count). The molecule has 23 heavy (non-hydrogen) atoms. The number of sulfonamides is 1. The Balaban J connectivity index is 2.02. The van der Waals surface area contributed by atoms with Gasteiger partial charge in [0.15, 0.2) is 0 Å². The zero-order chi connectivity index (χ0) is 17.0. The molecule has 0 radical (unpaired) electrons. The fourth-order valence-electron chi connectivity index (χ4n) is 1.97. The van der Waals surface area contributed by atoms with Crippen LogP contribution < -0.4 is 10.0 Å². The van der Waals surface area contributed by atoms with Gasteiger partial charge in [-0.25, -0.2) is 13.1 Å². The Kier molecular flexibility index (Phi) is 5.56. The second kappa shape index (κ2) is 7.25. The zero-order valence-corrected chi connectivity index (χ0v) is 15.2. The van der Waals surface area contributed by atoms with Crippen LogP contribution in [0.25, 0.3) is 0 Å². The lowest BCUT2D eigenvalue weighted by atomic mass is 10.2. The molecule has 1 amide bonds. The van der Waals surface area contributed by atoms with Gasteiger partial charge in [-0.1, -0.05) is 28.1 Å². The molecule has 2 N–H and O–H groups in total. The summed E-state index contributed by atoms with van der Waals surface area (Å²) in [6.45, 7) is 3.21. The Labute approximate surface area is 144 Å². The average molecular weight is 397 g/mol. The third kappa shape index (κ3) is 4.89. The number of rotatable bonds is 5. The number of aryl methyl sites for hydroxylation is 2. The van der Waals surface area contributed by atoms with Gasteiger partial charge in [0.05, 0.1) is 11.4 Å². The van der Waals surface area contributed by atoms with Crippen molar-refractivity contribution in [2.75, 3.05) is 11.9 Å². The highest BCUT2D eigenvalue weighted by Gasteiger charge is 2.18. The normalized spacial score (nSPS) is 11.3. The van der Waals surface area contributed by atoms with E-state index >= 15 is 0 Å². The van der Waals surface area contributed by atoms with Gasteiger partial charge < -0.3 is 5.32 Å². The van der Waals surface area contributed by atoms with Crippen LogP contribution in [-0.2, 0) is 14.8 Å². The van der Waals surface area contributed by atoms with Crippen LogP contribution in [0.3, 0.4) is 0 Å². The summed E-state index contributed by atoms with van der Waals surface area (Å²) in [6.07, 6.45) is 0. The van der Waals surface area contributed by atoms with E-state index in [-0.39, 0.29) is 11.4 Å². The first-order valence-electron chi connectivity index (χ1n) is 6.90. The zero-order valence-electron chi connectivity index (χ0n) is 12.8. The van der Waals surface area contributed by atoms with Crippen molar-refractivity contribution in [2.45, 2.75) is 18.7 Å². The van der Waals surface area contributed by atoms with Crippen LogP contribution in [0.5, 0.6) is 0 Å². The molecule has 7 heteroatoms. The van der Waals surface area contributed by atoms with Gasteiger partial charge in [-0.2, -0.15) is 0 Å². The molecule has 2 aromatic carbocycles. The first kappa shape index (κ1) is 17.7. The number of benzene rings is 2. The molecule has 0 aromatic heterocycles. The molecule has 0 aliphatic rings. The number of nitrogens with one attached hydrogen (secondary N) is 2. The van der Waals surface area contributed by atoms with Gasteiger partial charge in [0, 0.05) is 10.2 Å². The predicted octanol–water partition coefficient (Wildman–Crippen LogP) is 2.98. The average Bonchev–Trinajstić information content (AvgIpc) is 2.50. The van der Waals surface area contributed by atoms with Crippen molar-refractivity contribution in [3.8, 4) is 0 Å².